The molecule has 0 bridgehead atoms. The molecule has 0 aromatic rings. The molecule has 0 saturated carbocycles. The Hall–Kier alpha value is -0.420. The third-order valence-electron chi connectivity index (χ3n) is 3.05. The largest absolute Gasteiger partial charge is 0.339 e. The first kappa shape index (κ1) is 13.6. The summed E-state index contributed by atoms with van der Waals surface area (Å²) in [6.45, 7) is 5.71. The number of amides is 1. The normalized spacial score (nSPS) is 24.8. The van der Waals surface area contributed by atoms with Crippen LogP contribution in [0.3, 0.4) is 0 Å². The van der Waals surface area contributed by atoms with Crippen LogP contribution in [0.25, 0.3) is 0 Å². The molecule has 0 radical (unpaired) electrons. The molecular formula is C11H22N2O2S. The second kappa shape index (κ2) is 6.35. The maximum Gasteiger partial charge on any atom is 0.240 e. The van der Waals surface area contributed by atoms with E-state index >= 15 is 0 Å². The van der Waals surface area contributed by atoms with Gasteiger partial charge in [-0.15, -0.1) is 0 Å². The first-order chi connectivity index (χ1) is 7.56. The molecule has 4 nitrogen and oxygen atoms in total. The molecule has 1 amide bonds. The standard InChI is InChI=1S/C11H22N2O2S/c1-4-12-10-5-7-13(11(10)14)9(2)6-8-16(3)15/h9-10,12H,4-8H2,1-3H3. The van der Waals surface area contributed by atoms with Gasteiger partial charge in [0.25, 0.3) is 0 Å². The average Bonchev–Trinajstić information content (AvgIpc) is 2.58. The third kappa shape index (κ3) is 3.56. The summed E-state index contributed by atoms with van der Waals surface area (Å²) in [5, 5.41) is 3.19. The predicted octanol–water partition coefficient (Wildman–Crippen LogP) is 0.354. The second-order valence-electron chi connectivity index (χ2n) is 4.35. The molecule has 3 atom stereocenters. The summed E-state index contributed by atoms with van der Waals surface area (Å²) in [7, 11) is -0.763. The lowest BCUT2D eigenvalue weighted by Crippen LogP contribution is -2.42. The number of hydrogen-bond acceptors (Lipinski definition) is 3. The Bertz CT molecular complexity index is 271. The van der Waals surface area contributed by atoms with Crippen LogP contribution in [0.2, 0.25) is 0 Å². The molecule has 0 aromatic carbocycles. The van der Waals surface area contributed by atoms with Crippen LogP contribution < -0.4 is 5.32 Å². The summed E-state index contributed by atoms with van der Waals surface area (Å²) in [5.74, 6) is 0.882. The first-order valence-electron chi connectivity index (χ1n) is 5.90. The SMILES string of the molecule is CCNC1CCN(C(C)CCS(C)=O)C1=O. The van der Waals surface area contributed by atoms with E-state index in [9.17, 15) is 9.00 Å². The van der Waals surface area contributed by atoms with E-state index in [-0.39, 0.29) is 18.0 Å². The van der Waals surface area contributed by atoms with Gasteiger partial charge in [-0.3, -0.25) is 9.00 Å². The summed E-state index contributed by atoms with van der Waals surface area (Å²) in [4.78, 5) is 13.9. The van der Waals surface area contributed by atoms with Gasteiger partial charge in [0.05, 0.1) is 6.04 Å². The van der Waals surface area contributed by atoms with Crippen LogP contribution >= 0.6 is 0 Å². The maximum absolute atomic E-state index is 12.0. The van der Waals surface area contributed by atoms with Crippen molar-refractivity contribution >= 4 is 16.7 Å². The van der Waals surface area contributed by atoms with E-state index in [0.29, 0.717) is 5.75 Å². The molecule has 0 aromatic heterocycles. The molecule has 0 spiro atoms. The monoisotopic (exact) mass is 246 g/mol. The predicted molar refractivity (Wildman–Crippen MR) is 66.8 cm³/mol. The van der Waals surface area contributed by atoms with Gasteiger partial charge in [0.15, 0.2) is 0 Å². The molecule has 0 aliphatic carbocycles. The summed E-state index contributed by atoms with van der Waals surface area (Å²) in [5.41, 5.74) is 0. The van der Waals surface area contributed by atoms with E-state index in [1.807, 2.05) is 18.7 Å². The quantitative estimate of drug-likeness (QED) is 0.736. The zero-order valence-corrected chi connectivity index (χ0v) is 11.2. The lowest BCUT2D eigenvalue weighted by Gasteiger charge is -2.24. The van der Waals surface area contributed by atoms with Crippen molar-refractivity contribution in [2.24, 2.45) is 0 Å². The highest BCUT2D eigenvalue weighted by atomic mass is 32.2. The minimum Gasteiger partial charge on any atom is -0.339 e. The fraction of sp³-hybridized carbons (Fsp3) is 0.909. The first-order valence-corrected chi connectivity index (χ1v) is 7.62. The van der Waals surface area contributed by atoms with Gasteiger partial charge in [0.2, 0.25) is 5.91 Å². The van der Waals surface area contributed by atoms with Crippen molar-refractivity contribution < 1.29 is 9.00 Å². The molecule has 5 heteroatoms. The number of nitrogens with one attached hydrogen (secondary N) is 1. The summed E-state index contributed by atoms with van der Waals surface area (Å²) < 4.78 is 11.0. The Kier molecular flexibility index (Phi) is 5.41. The van der Waals surface area contributed by atoms with Crippen LogP contribution in [0.1, 0.15) is 26.7 Å². The van der Waals surface area contributed by atoms with Crippen LogP contribution in [-0.2, 0) is 15.6 Å². The van der Waals surface area contributed by atoms with Crippen LogP contribution in [0.4, 0.5) is 0 Å². The van der Waals surface area contributed by atoms with E-state index in [1.54, 1.807) is 6.26 Å². The van der Waals surface area contributed by atoms with Crippen LogP contribution in [0, 0.1) is 0 Å². The maximum atomic E-state index is 12.0. The number of likely N-dealkylation sites (tertiary alicyclic amines) is 1. The summed E-state index contributed by atoms with van der Waals surface area (Å²) >= 11 is 0. The molecule has 1 rings (SSSR count). The topological polar surface area (TPSA) is 49.4 Å². The van der Waals surface area contributed by atoms with E-state index in [0.717, 1.165) is 25.9 Å². The minimum atomic E-state index is -0.763. The highest BCUT2D eigenvalue weighted by Gasteiger charge is 2.33. The Labute approximate surface area is 100 Å². The van der Waals surface area contributed by atoms with Crippen molar-refractivity contribution in [2.75, 3.05) is 25.1 Å². The van der Waals surface area contributed by atoms with E-state index < -0.39 is 10.8 Å². The Morgan fingerprint density at radius 2 is 2.31 bits per heavy atom. The number of carbonyl (C=O) groups excluding carboxylic acids is 1. The van der Waals surface area contributed by atoms with Gasteiger partial charge < -0.3 is 10.2 Å². The molecule has 1 N–H and O–H groups in total. The van der Waals surface area contributed by atoms with E-state index in [2.05, 4.69) is 5.32 Å². The van der Waals surface area contributed by atoms with Gasteiger partial charge in [-0.2, -0.15) is 0 Å². The van der Waals surface area contributed by atoms with Crippen molar-refractivity contribution in [3.8, 4) is 0 Å². The third-order valence-corrected chi connectivity index (χ3v) is 3.86. The van der Waals surface area contributed by atoms with Crippen LogP contribution in [0.15, 0.2) is 0 Å². The Balaban J connectivity index is 2.43. The zero-order chi connectivity index (χ0) is 12.1. The van der Waals surface area contributed by atoms with Gasteiger partial charge in [-0.25, -0.2) is 0 Å². The molecule has 16 heavy (non-hydrogen) atoms. The lowest BCUT2D eigenvalue weighted by molar-refractivity contribution is -0.131. The number of nitrogens with zero attached hydrogens (tertiary/aromatic N) is 1. The number of likely N-dealkylation sites (N-methyl/N-ethyl adjacent to an activating group) is 1. The minimum absolute atomic E-state index is 0.000394. The highest BCUT2D eigenvalue weighted by molar-refractivity contribution is 7.84. The molecule has 3 unspecified atom stereocenters. The van der Waals surface area contributed by atoms with Crippen molar-refractivity contribution in [2.45, 2.75) is 38.8 Å². The summed E-state index contributed by atoms with van der Waals surface area (Å²) in [6.07, 6.45) is 3.43. The fourth-order valence-corrected chi connectivity index (χ4v) is 2.74. The van der Waals surface area contributed by atoms with Crippen molar-refractivity contribution in [1.29, 1.82) is 0 Å². The molecule has 1 aliphatic rings. The smallest absolute Gasteiger partial charge is 0.240 e. The van der Waals surface area contributed by atoms with Crippen molar-refractivity contribution in [3.63, 3.8) is 0 Å². The second-order valence-corrected chi connectivity index (χ2v) is 5.90. The van der Waals surface area contributed by atoms with Gasteiger partial charge >= 0.3 is 0 Å². The van der Waals surface area contributed by atoms with Crippen LogP contribution in [-0.4, -0.2) is 52.2 Å². The Morgan fingerprint density at radius 1 is 1.62 bits per heavy atom. The zero-order valence-electron chi connectivity index (χ0n) is 10.4. The van der Waals surface area contributed by atoms with Crippen molar-refractivity contribution in [1.82, 2.24) is 10.2 Å². The molecular weight excluding hydrogens is 224 g/mol. The number of rotatable bonds is 6. The number of carbonyl (C=O) groups is 1. The van der Waals surface area contributed by atoms with Crippen LogP contribution in [0.5, 0.6) is 0 Å². The highest BCUT2D eigenvalue weighted by Crippen LogP contribution is 2.16. The molecule has 1 aliphatic heterocycles. The molecule has 1 heterocycles. The fourth-order valence-electron chi connectivity index (χ4n) is 2.07. The van der Waals surface area contributed by atoms with E-state index in [1.165, 1.54) is 0 Å². The average molecular weight is 246 g/mol. The number of hydrogen-bond donors (Lipinski definition) is 1. The van der Waals surface area contributed by atoms with Gasteiger partial charge in [-0.05, 0) is 26.3 Å². The van der Waals surface area contributed by atoms with E-state index in [4.69, 9.17) is 0 Å². The molecule has 1 saturated heterocycles. The molecule has 94 valence electrons. The van der Waals surface area contributed by atoms with Gasteiger partial charge in [0, 0.05) is 35.4 Å². The lowest BCUT2D eigenvalue weighted by atomic mass is 10.2. The summed E-state index contributed by atoms with van der Waals surface area (Å²) in [6, 6.07) is 0.208. The van der Waals surface area contributed by atoms with Gasteiger partial charge in [0.1, 0.15) is 0 Å². The van der Waals surface area contributed by atoms with Crippen molar-refractivity contribution in [3.05, 3.63) is 0 Å². The Morgan fingerprint density at radius 3 is 2.88 bits per heavy atom. The molecule has 1 fully saturated rings. The van der Waals surface area contributed by atoms with Gasteiger partial charge in [-0.1, -0.05) is 6.92 Å².